The number of benzene rings is 3. The summed E-state index contributed by atoms with van der Waals surface area (Å²) in [5.74, 6) is 4.54. The maximum Gasteiger partial charge on any atom is 0.407 e. The molecule has 0 saturated carbocycles. The lowest BCUT2D eigenvalue weighted by atomic mass is 9.98. The van der Waals surface area contributed by atoms with E-state index in [-0.39, 0.29) is 29.7 Å². The van der Waals surface area contributed by atoms with Crippen molar-refractivity contribution in [1.82, 2.24) is 5.32 Å². The third kappa shape index (κ3) is 4.40. The second-order valence-electron chi connectivity index (χ2n) is 6.98. The summed E-state index contributed by atoms with van der Waals surface area (Å²) in [5, 5.41) is 11.7. The number of carbonyl (C=O) groups is 2. The number of halogens is 1. The molecular formula is C25H18ClNO4. The maximum atomic E-state index is 12.1. The number of hydrogen-bond acceptors (Lipinski definition) is 3. The number of carbonyl (C=O) groups excluding carboxylic acids is 1. The molecule has 0 bridgehead atoms. The van der Waals surface area contributed by atoms with Crippen LogP contribution in [-0.2, 0) is 4.74 Å². The fraction of sp³-hybridized carbons (Fsp3) is 0.120. The number of rotatable bonds is 4. The molecule has 0 heterocycles. The number of carboxylic acid groups (broad SMARTS) is 1. The lowest BCUT2D eigenvalue weighted by Gasteiger charge is -2.14. The van der Waals surface area contributed by atoms with E-state index in [9.17, 15) is 9.59 Å². The van der Waals surface area contributed by atoms with Gasteiger partial charge in [-0.1, -0.05) is 72.0 Å². The van der Waals surface area contributed by atoms with E-state index in [2.05, 4.69) is 41.4 Å². The van der Waals surface area contributed by atoms with Gasteiger partial charge in [-0.15, -0.1) is 0 Å². The van der Waals surface area contributed by atoms with Gasteiger partial charge in [-0.25, -0.2) is 9.59 Å². The van der Waals surface area contributed by atoms with Crippen LogP contribution in [-0.4, -0.2) is 30.3 Å². The number of alkyl carbamates (subject to hydrolysis) is 1. The Morgan fingerprint density at radius 3 is 2.26 bits per heavy atom. The van der Waals surface area contributed by atoms with Gasteiger partial charge in [0, 0.05) is 11.5 Å². The van der Waals surface area contributed by atoms with Crippen LogP contribution >= 0.6 is 11.6 Å². The summed E-state index contributed by atoms with van der Waals surface area (Å²) in [6.07, 6.45) is -0.546. The zero-order valence-electron chi connectivity index (χ0n) is 16.4. The van der Waals surface area contributed by atoms with Crippen LogP contribution in [0, 0.1) is 11.8 Å². The fourth-order valence-corrected chi connectivity index (χ4v) is 3.94. The minimum atomic E-state index is -1.10. The van der Waals surface area contributed by atoms with Crippen LogP contribution < -0.4 is 5.32 Å². The van der Waals surface area contributed by atoms with Crippen LogP contribution in [0.5, 0.6) is 0 Å². The van der Waals surface area contributed by atoms with E-state index < -0.39 is 12.1 Å². The van der Waals surface area contributed by atoms with Gasteiger partial charge in [0.1, 0.15) is 6.61 Å². The zero-order valence-corrected chi connectivity index (χ0v) is 17.1. The summed E-state index contributed by atoms with van der Waals surface area (Å²) >= 11 is 5.92. The van der Waals surface area contributed by atoms with Crippen molar-refractivity contribution in [3.8, 4) is 23.0 Å². The number of nitrogens with one attached hydrogen (secondary N) is 1. The van der Waals surface area contributed by atoms with Gasteiger partial charge in [-0.05, 0) is 40.5 Å². The number of amides is 1. The molecule has 2 N–H and O–H groups in total. The van der Waals surface area contributed by atoms with Gasteiger partial charge in [-0.2, -0.15) is 0 Å². The second-order valence-corrected chi connectivity index (χ2v) is 7.39. The second kappa shape index (κ2) is 8.95. The fourth-order valence-electron chi connectivity index (χ4n) is 3.68. The Morgan fingerprint density at radius 1 is 1.00 bits per heavy atom. The zero-order chi connectivity index (χ0) is 21.8. The molecule has 1 aliphatic carbocycles. The monoisotopic (exact) mass is 431 g/mol. The number of aromatic carboxylic acids is 1. The molecule has 4 rings (SSSR count). The molecule has 1 amide bonds. The topological polar surface area (TPSA) is 75.6 Å². The molecular weight excluding hydrogens is 414 g/mol. The Labute approximate surface area is 184 Å². The highest BCUT2D eigenvalue weighted by atomic mass is 35.5. The highest BCUT2D eigenvalue weighted by molar-refractivity contribution is 6.33. The minimum absolute atomic E-state index is 0.000809. The summed E-state index contributed by atoms with van der Waals surface area (Å²) < 4.78 is 5.45. The maximum absolute atomic E-state index is 12.1. The molecule has 0 spiro atoms. The number of ether oxygens (including phenoxy) is 1. The van der Waals surface area contributed by atoms with Crippen molar-refractivity contribution >= 4 is 23.7 Å². The predicted octanol–water partition coefficient (Wildman–Crippen LogP) is 4.93. The van der Waals surface area contributed by atoms with Crippen LogP contribution in [0.4, 0.5) is 4.79 Å². The SMILES string of the molecule is O=C(NCC#Cc1ccc(C(=O)O)c(Cl)c1)OCC1c2ccccc2-c2ccccc21. The largest absolute Gasteiger partial charge is 0.478 e. The van der Waals surface area contributed by atoms with Gasteiger partial charge >= 0.3 is 12.1 Å². The summed E-state index contributed by atoms with van der Waals surface area (Å²) in [5.41, 5.74) is 5.22. The van der Waals surface area contributed by atoms with Crippen molar-refractivity contribution in [2.24, 2.45) is 0 Å². The molecule has 31 heavy (non-hydrogen) atoms. The lowest BCUT2D eigenvalue weighted by Crippen LogP contribution is -2.26. The van der Waals surface area contributed by atoms with Crippen molar-refractivity contribution in [3.05, 3.63) is 94.0 Å². The Balaban J connectivity index is 1.34. The summed E-state index contributed by atoms with van der Waals surface area (Å²) in [7, 11) is 0. The summed E-state index contributed by atoms with van der Waals surface area (Å²) in [6.45, 7) is 0.328. The molecule has 3 aromatic carbocycles. The van der Waals surface area contributed by atoms with E-state index >= 15 is 0 Å². The Kier molecular flexibility index (Phi) is 5.92. The van der Waals surface area contributed by atoms with Crippen molar-refractivity contribution in [2.75, 3.05) is 13.2 Å². The first-order valence-corrected chi connectivity index (χ1v) is 10.0. The summed E-state index contributed by atoms with van der Waals surface area (Å²) in [6, 6.07) is 20.7. The van der Waals surface area contributed by atoms with E-state index in [1.165, 1.54) is 23.3 Å². The normalized spacial score (nSPS) is 11.6. The molecule has 5 nitrogen and oxygen atoms in total. The molecule has 0 fully saturated rings. The molecule has 0 saturated heterocycles. The summed E-state index contributed by atoms with van der Waals surface area (Å²) in [4.78, 5) is 23.1. The van der Waals surface area contributed by atoms with Crippen LogP contribution in [0.3, 0.4) is 0 Å². The standard InChI is InChI=1S/C25H18ClNO4/c26-23-14-16(11-12-21(23)24(28)29)6-5-13-27-25(30)31-15-22-19-9-3-1-7-17(19)18-8-2-4-10-20(18)22/h1-4,7-12,14,22H,13,15H2,(H,27,30)(H,28,29). The van der Waals surface area contributed by atoms with Crippen molar-refractivity contribution in [3.63, 3.8) is 0 Å². The molecule has 0 atom stereocenters. The van der Waals surface area contributed by atoms with E-state index in [1.54, 1.807) is 6.07 Å². The Bertz CT molecular complexity index is 1180. The van der Waals surface area contributed by atoms with Gasteiger partial charge in [0.25, 0.3) is 0 Å². The highest BCUT2D eigenvalue weighted by Crippen LogP contribution is 2.44. The van der Waals surface area contributed by atoms with Gasteiger partial charge in [0.2, 0.25) is 0 Å². The molecule has 1 aliphatic rings. The molecule has 0 aromatic heterocycles. The third-order valence-corrected chi connectivity index (χ3v) is 5.41. The average Bonchev–Trinajstić information content (AvgIpc) is 3.09. The number of carboxylic acids is 1. The highest BCUT2D eigenvalue weighted by Gasteiger charge is 2.28. The van der Waals surface area contributed by atoms with Crippen molar-refractivity contribution in [2.45, 2.75) is 5.92 Å². The molecule has 0 aliphatic heterocycles. The van der Waals surface area contributed by atoms with Gasteiger partial charge in [0.15, 0.2) is 0 Å². The van der Waals surface area contributed by atoms with Gasteiger partial charge in [0.05, 0.1) is 17.1 Å². The lowest BCUT2D eigenvalue weighted by molar-refractivity contribution is 0.0697. The first kappa shape index (κ1) is 20.5. The third-order valence-electron chi connectivity index (χ3n) is 5.10. The molecule has 154 valence electrons. The minimum Gasteiger partial charge on any atom is -0.478 e. The van der Waals surface area contributed by atoms with E-state index in [4.69, 9.17) is 21.4 Å². The number of fused-ring (bicyclic) bond motifs is 3. The Hall–Kier alpha value is -3.75. The van der Waals surface area contributed by atoms with Crippen molar-refractivity contribution in [1.29, 1.82) is 0 Å². The van der Waals surface area contributed by atoms with Crippen LogP contribution in [0.15, 0.2) is 66.7 Å². The first-order chi connectivity index (χ1) is 15.0. The van der Waals surface area contributed by atoms with Gasteiger partial charge in [-0.3, -0.25) is 0 Å². The van der Waals surface area contributed by atoms with E-state index in [0.717, 1.165) is 11.1 Å². The van der Waals surface area contributed by atoms with E-state index in [1.807, 2.05) is 24.3 Å². The van der Waals surface area contributed by atoms with Crippen LogP contribution in [0.25, 0.3) is 11.1 Å². The van der Waals surface area contributed by atoms with E-state index in [0.29, 0.717) is 5.56 Å². The number of hydrogen-bond donors (Lipinski definition) is 2. The molecule has 3 aromatic rings. The smallest absolute Gasteiger partial charge is 0.407 e. The first-order valence-electron chi connectivity index (χ1n) is 9.65. The molecule has 6 heteroatoms. The molecule has 0 radical (unpaired) electrons. The van der Waals surface area contributed by atoms with Crippen LogP contribution in [0.1, 0.15) is 33.0 Å². The van der Waals surface area contributed by atoms with Gasteiger partial charge < -0.3 is 15.2 Å². The Morgan fingerprint density at radius 2 is 1.65 bits per heavy atom. The predicted molar refractivity (Wildman–Crippen MR) is 118 cm³/mol. The average molecular weight is 432 g/mol. The van der Waals surface area contributed by atoms with Crippen molar-refractivity contribution < 1.29 is 19.4 Å². The molecule has 0 unspecified atom stereocenters. The van der Waals surface area contributed by atoms with Crippen LogP contribution in [0.2, 0.25) is 5.02 Å². The quantitative estimate of drug-likeness (QED) is 0.574.